The van der Waals surface area contributed by atoms with Gasteiger partial charge in [-0.1, -0.05) is 6.07 Å². The fourth-order valence-electron chi connectivity index (χ4n) is 1.69. The van der Waals surface area contributed by atoms with Crippen LogP contribution >= 0.6 is 0 Å². The molecular weight excluding hydrogens is 258 g/mol. The molecule has 4 N–H and O–H groups in total. The third kappa shape index (κ3) is 2.37. The lowest BCUT2D eigenvalue weighted by atomic mass is 10.0. The molecule has 2 aromatic carbocycles. The van der Waals surface area contributed by atoms with Crippen molar-refractivity contribution >= 4 is 0 Å². The molecule has 6 heteroatoms. The van der Waals surface area contributed by atoms with Crippen LogP contribution < -0.4 is 0 Å². The maximum absolute atomic E-state index is 13.5. The van der Waals surface area contributed by atoms with Gasteiger partial charge in [0.15, 0.2) is 17.3 Å². The van der Waals surface area contributed by atoms with E-state index < -0.39 is 28.9 Å². The Kier molecular flexibility index (Phi) is 3.16. The van der Waals surface area contributed by atoms with Gasteiger partial charge in [-0.3, -0.25) is 0 Å². The van der Waals surface area contributed by atoms with Crippen LogP contribution in [-0.4, -0.2) is 20.4 Å². The average Bonchev–Trinajstić information content (AvgIpc) is 2.36. The van der Waals surface area contributed by atoms with Gasteiger partial charge >= 0.3 is 0 Å². The van der Waals surface area contributed by atoms with Gasteiger partial charge in [-0.2, -0.15) is 0 Å². The van der Waals surface area contributed by atoms with E-state index in [4.69, 9.17) is 10.2 Å². The molecule has 0 aliphatic rings. The lowest BCUT2D eigenvalue weighted by Gasteiger charge is -2.09. The molecule has 0 heterocycles. The van der Waals surface area contributed by atoms with Gasteiger partial charge in [0.2, 0.25) is 5.75 Å². The summed E-state index contributed by atoms with van der Waals surface area (Å²) in [6, 6.07) is 4.19. The highest BCUT2D eigenvalue weighted by Crippen LogP contribution is 2.40. The quantitative estimate of drug-likeness (QED) is 0.630. The van der Waals surface area contributed by atoms with Gasteiger partial charge in [-0.05, 0) is 17.7 Å². The van der Waals surface area contributed by atoms with Crippen molar-refractivity contribution in [1.29, 1.82) is 0 Å². The topological polar surface area (TPSA) is 80.9 Å². The molecule has 100 valence electrons. The molecule has 0 bridgehead atoms. The molecule has 0 atom stereocenters. The highest BCUT2D eigenvalue weighted by molar-refractivity contribution is 5.55. The van der Waals surface area contributed by atoms with E-state index in [1.54, 1.807) is 0 Å². The summed E-state index contributed by atoms with van der Waals surface area (Å²) in [6.45, 7) is 0. The molecular formula is C13H10F2O4. The molecule has 0 saturated carbocycles. The van der Waals surface area contributed by atoms with Crippen LogP contribution in [0, 0.1) is 11.6 Å². The fraction of sp³-hybridized carbons (Fsp3) is 0.0769. The summed E-state index contributed by atoms with van der Waals surface area (Å²) < 4.78 is 26.7. The SMILES string of the molecule is Oc1ccc(Cc2cc(F)c(O)c(O)c2O)c(F)c1. The molecule has 0 spiro atoms. The van der Waals surface area contributed by atoms with E-state index in [1.165, 1.54) is 12.1 Å². The van der Waals surface area contributed by atoms with Gasteiger partial charge in [-0.15, -0.1) is 0 Å². The second kappa shape index (κ2) is 4.64. The van der Waals surface area contributed by atoms with Gasteiger partial charge in [0.05, 0.1) is 0 Å². The Hall–Kier alpha value is -2.50. The first-order valence-electron chi connectivity index (χ1n) is 5.29. The van der Waals surface area contributed by atoms with E-state index in [1.807, 2.05) is 0 Å². The van der Waals surface area contributed by atoms with E-state index in [-0.39, 0.29) is 23.3 Å². The minimum absolute atomic E-state index is 0.0858. The first-order valence-corrected chi connectivity index (χ1v) is 5.29. The Morgan fingerprint density at radius 1 is 0.737 bits per heavy atom. The van der Waals surface area contributed by atoms with Gasteiger partial charge < -0.3 is 20.4 Å². The van der Waals surface area contributed by atoms with Crippen molar-refractivity contribution in [3.63, 3.8) is 0 Å². The Morgan fingerprint density at radius 2 is 1.42 bits per heavy atom. The molecule has 0 aliphatic heterocycles. The van der Waals surface area contributed by atoms with Crippen LogP contribution in [0.3, 0.4) is 0 Å². The monoisotopic (exact) mass is 268 g/mol. The van der Waals surface area contributed by atoms with E-state index in [2.05, 4.69) is 0 Å². The minimum Gasteiger partial charge on any atom is -0.508 e. The van der Waals surface area contributed by atoms with E-state index in [9.17, 15) is 19.0 Å². The molecule has 2 aromatic rings. The predicted octanol–water partition coefficient (Wildman–Crippen LogP) is 2.38. The van der Waals surface area contributed by atoms with Crippen LogP contribution in [0.2, 0.25) is 0 Å². The van der Waals surface area contributed by atoms with Crippen LogP contribution in [0.15, 0.2) is 24.3 Å². The van der Waals surface area contributed by atoms with Crippen molar-refractivity contribution in [2.24, 2.45) is 0 Å². The number of rotatable bonds is 2. The van der Waals surface area contributed by atoms with Gasteiger partial charge in [0.25, 0.3) is 0 Å². The summed E-state index contributed by atoms with van der Waals surface area (Å²) in [4.78, 5) is 0. The molecule has 19 heavy (non-hydrogen) atoms. The lowest BCUT2D eigenvalue weighted by Crippen LogP contribution is -1.95. The van der Waals surface area contributed by atoms with Crippen LogP contribution in [0.1, 0.15) is 11.1 Å². The zero-order valence-electron chi connectivity index (χ0n) is 9.56. The summed E-state index contributed by atoms with van der Waals surface area (Å²) in [5.41, 5.74) is 0.00924. The first kappa shape index (κ1) is 12.9. The van der Waals surface area contributed by atoms with Crippen molar-refractivity contribution < 1.29 is 29.2 Å². The van der Waals surface area contributed by atoms with Crippen molar-refractivity contribution in [1.82, 2.24) is 0 Å². The minimum atomic E-state index is -1.12. The molecule has 0 saturated heterocycles. The lowest BCUT2D eigenvalue weighted by molar-refractivity contribution is 0.349. The molecule has 4 nitrogen and oxygen atoms in total. The number of aromatic hydroxyl groups is 4. The maximum atomic E-state index is 13.5. The largest absolute Gasteiger partial charge is 0.508 e. The molecule has 0 aliphatic carbocycles. The highest BCUT2D eigenvalue weighted by atomic mass is 19.1. The molecule has 0 unspecified atom stereocenters. The summed E-state index contributed by atoms with van der Waals surface area (Å²) in [7, 11) is 0. The normalized spacial score (nSPS) is 10.6. The van der Waals surface area contributed by atoms with E-state index in [0.717, 1.165) is 12.1 Å². The van der Waals surface area contributed by atoms with Gasteiger partial charge in [-0.25, -0.2) is 8.78 Å². The van der Waals surface area contributed by atoms with Crippen molar-refractivity contribution in [3.8, 4) is 23.0 Å². The van der Waals surface area contributed by atoms with Crippen LogP contribution in [0.4, 0.5) is 8.78 Å². The third-order valence-electron chi connectivity index (χ3n) is 2.70. The number of benzene rings is 2. The van der Waals surface area contributed by atoms with Crippen molar-refractivity contribution in [3.05, 3.63) is 47.0 Å². The molecule has 0 aromatic heterocycles. The Labute approximate surface area is 106 Å². The Morgan fingerprint density at radius 3 is 2.05 bits per heavy atom. The van der Waals surface area contributed by atoms with Gasteiger partial charge in [0.1, 0.15) is 11.6 Å². The van der Waals surface area contributed by atoms with Crippen molar-refractivity contribution in [2.45, 2.75) is 6.42 Å². The molecule has 0 radical (unpaired) electrons. The second-order valence-corrected chi connectivity index (χ2v) is 4.02. The van der Waals surface area contributed by atoms with E-state index in [0.29, 0.717) is 0 Å². The smallest absolute Gasteiger partial charge is 0.203 e. The maximum Gasteiger partial charge on any atom is 0.203 e. The third-order valence-corrected chi connectivity index (χ3v) is 2.70. The molecule has 0 fully saturated rings. The number of halogens is 2. The second-order valence-electron chi connectivity index (χ2n) is 4.02. The summed E-state index contributed by atoms with van der Waals surface area (Å²) in [5, 5.41) is 37.0. The first-order chi connectivity index (χ1) is 8.90. The summed E-state index contributed by atoms with van der Waals surface area (Å²) in [5.74, 6) is -4.88. The zero-order valence-corrected chi connectivity index (χ0v) is 9.56. The summed E-state index contributed by atoms with van der Waals surface area (Å²) >= 11 is 0. The van der Waals surface area contributed by atoms with Gasteiger partial charge in [0, 0.05) is 18.1 Å². The van der Waals surface area contributed by atoms with Crippen LogP contribution in [0.25, 0.3) is 0 Å². The standard InChI is InChI=1S/C13H10F2O4/c14-9-5-8(16)2-1-6(9)3-7-4-10(15)12(18)13(19)11(7)17/h1-2,4-5,16-19H,3H2. The number of phenolic OH excluding ortho intramolecular Hbond substituents is 4. The fourth-order valence-corrected chi connectivity index (χ4v) is 1.69. The zero-order chi connectivity index (χ0) is 14.2. The highest BCUT2D eigenvalue weighted by Gasteiger charge is 2.17. The Bertz CT molecular complexity index is 641. The molecule has 0 amide bonds. The number of hydrogen-bond acceptors (Lipinski definition) is 4. The van der Waals surface area contributed by atoms with E-state index >= 15 is 0 Å². The van der Waals surface area contributed by atoms with Crippen LogP contribution in [0.5, 0.6) is 23.0 Å². The average molecular weight is 268 g/mol. The predicted molar refractivity (Wildman–Crippen MR) is 62.3 cm³/mol. The summed E-state index contributed by atoms with van der Waals surface area (Å²) in [6.07, 6.45) is -0.206. The Balaban J connectivity index is 2.44. The van der Waals surface area contributed by atoms with Crippen molar-refractivity contribution in [2.75, 3.05) is 0 Å². The van der Waals surface area contributed by atoms with Crippen LogP contribution in [-0.2, 0) is 6.42 Å². The molecule has 2 rings (SSSR count). The number of hydrogen-bond donors (Lipinski definition) is 4. The number of phenols is 4.